The molecule has 1 heterocycles. The van der Waals surface area contributed by atoms with Crippen molar-refractivity contribution in [3.05, 3.63) is 24.0 Å². The maximum Gasteiger partial charge on any atom is 0.326 e. The highest BCUT2D eigenvalue weighted by atomic mass is 16.4. The average molecular weight is 291 g/mol. The molecule has 2 rings (SSSR count). The normalized spacial score (nSPS) is 17.8. The number of hydrogen-bond donors (Lipinski definition) is 2. The average Bonchev–Trinajstić information content (AvgIpc) is 2.88. The Morgan fingerprint density at radius 1 is 1.43 bits per heavy atom. The van der Waals surface area contributed by atoms with Gasteiger partial charge >= 0.3 is 5.97 Å². The molecule has 0 bridgehead atoms. The quantitative estimate of drug-likeness (QED) is 0.807. The minimum Gasteiger partial charge on any atom is -0.480 e. The van der Waals surface area contributed by atoms with E-state index in [0.29, 0.717) is 0 Å². The van der Waals surface area contributed by atoms with Crippen LogP contribution in [-0.2, 0) is 16.6 Å². The van der Waals surface area contributed by atoms with Crippen LogP contribution in [0.4, 0.5) is 0 Å². The molecule has 1 atom stereocenters. The molecule has 1 aromatic rings. The Labute approximate surface area is 123 Å². The second kappa shape index (κ2) is 7.06. The lowest BCUT2D eigenvalue weighted by Gasteiger charge is -2.27. The van der Waals surface area contributed by atoms with Crippen LogP contribution in [0.15, 0.2) is 18.3 Å². The second-order valence-electron chi connectivity index (χ2n) is 5.44. The zero-order valence-corrected chi connectivity index (χ0v) is 12.2. The Morgan fingerprint density at radius 2 is 2.14 bits per heavy atom. The van der Waals surface area contributed by atoms with E-state index < -0.39 is 12.0 Å². The van der Waals surface area contributed by atoms with Crippen LogP contribution in [0, 0.1) is 5.92 Å². The van der Waals surface area contributed by atoms with Gasteiger partial charge in [0.05, 0.1) is 5.69 Å². The van der Waals surface area contributed by atoms with Gasteiger partial charge in [-0.2, -0.15) is 5.10 Å². The predicted octanol–water partition coefficient (Wildman–Crippen LogP) is 1.58. The molecule has 1 unspecified atom stereocenters. The third-order valence-corrected chi connectivity index (χ3v) is 3.95. The summed E-state index contributed by atoms with van der Waals surface area (Å²) in [4.78, 5) is 23.3. The molecular formula is C15H21N3O3. The highest BCUT2D eigenvalue weighted by Crippen LogP contribution is 2.26. The summed E-state index contributed by atoms with van der Waals surface area (Å²) in [7, 11) is 1.78. The van der Waals surface area contributed by atoms with E-state index in [1.165, 1.54) is 6.08 Å². The van der Waals surface area contributed by atoms with E-state index in [0.717, 1.165) is 37.8 Å². The summed E-state index contributed by atoms with van der Waals surface area (Å²) in [6.07, 6.45) is 9.57. The zero-order chi connectivity index (χ0) is 15.2. The van der Waals surface area contributed by atoms with Crippen LogP contribution in [0.1, 0.15) is 37.8 Å². The molecule has 1 fully saturated rings. The molecular weight excluding hydrogens is 270 g/mol. The molecule has 0 saturated heterocycles. The fourth-order valence-corrected chi connectivity index (χ4v) is 2.76. The molecule has 0 radical (unpaired) electrons. The number of amides is 1. The van der Waals surface area contributed by atoms with Gasteiger partial charge in [-0.3, -0.25) is 9.48 Å². The summed E-state index contributed by atoms with van der Waals surface area (Å²) in [6.45, 7) is 0. The Balaban J connectivity index is 1.96. The van der Waals surface area contributed by atoms with Crippen LogP contribution in [0.25, 0.3) is 6.08 Å². The Hall–Kier alpha value is -2.11. The van der Waals surface area contributed by atoms with Crippen LogP contribution in [0.5, 0.6) is 0 Å². The van der Waals surface area contributed by atoms with Gasteiger partial charge in [0, 0.05) is 19.3 Å². The molecule has 0 aromatic carbocycles. The number of carboxylic acids is 1. The van der Waals surface area contributed by atoms with Crippen molar-refractivity contribution in [1.82, 2.24) is 15.1 Å². The lowest BCUT2D eigenvalue weighted by atomic mass is 9.84. The first-order chi connectivity index (χ1) is 10.1. The molecule has 2 N–H and O–H groups in total. The van der Waals surface area contributed by atoms with Crippen LogP contribution in [0.3, 0.4) is 0 Å². The van der Waals surface area contributed by atoms with E-state index in [2.05, 4.69) is 10.4 Å². The number of carbonyl (C=O) groups is 2. The number of nitrogens with one attached hydrogen (secondary N) is 1. The molecule has 6 nitrogen and oxygen atoms in total. The van der Waals surface area contributed by atoms with Gasteiger partial charge in [-0.25, -0.2) is 4.79 Å². The molecule has 1 aliphatic rings. The lowest BCUT2D eigenvalue weighted by molar-refractivity contribution is -0.143. The third kappa shape index (κ3) is 4.18. The molecule has 1 aromatic heterocycles. The van der Waals surface area contributed by atoms with Crippen LogP contribution < -0.4 is 5.32 Å². The number of aliphatic carboxylic acids is 1. The van der Waals surface area contributed by atoms with Crippen molar-refractivity contribution < 1.29 is 14.7 Å². The molecule has 21 heavy (non-hydrogen) atoms. The highest BCUT2D eigenvalue weighted by molar-refractivity contribution is 5.94. The topological polar surface area (TPSA) is 84.2 Å². The SMILES string of the molecule is Cn1nccc1/C=C/C(=O)NC(C(=O)O)C1CCCCC1. The van der Waals surface area contributed by atoms with Gasteiger partial charge in [0.2, 0.25) is 5.91 Å². The van der Waals surface area contributed by atoms with Crippen molar-refractivity contribution in [3.63, 3.8) is 0 Å². The van der Waals surface area contributed by atoms with E-state index in [4.69, 9.17) is 0 Å². The number of rotatable bonds is 5. The van der Waals surface area contributed by atoms with Crippen molar-refractivity contribution in [2.45, 2.75) is 38.1 Å². The highest BCUT2D eigenvalue weighted by Gasteiger charge is 2.30. The largest absolute Gasteiger partial charge is 0.480 e. The molecule has 1 aliphatic carbocycles. The van der Waals surface area contributed by atoms with E-state index in [9.17, 15) is 14.7 Å². The van der Waals surface area contributed by atoms with Gasteiger partial charge in [0.1, 0.15) is 6.04 Å². The molecule has 1 saturated carbocycles. The predicted molar refractivity (Wildman–Crippen MR) is 78.4 cm³/mol. The van der Waals surface area contributed by atoms with Crippen LogP contribution >= 0.6 is 0 Å². The maximum absolute atomic E-state index is 11.9. The first-order valence-corrected chi connectivity index (χ1v) is 7.27. The fourth-order valence-electron chi connectivity index (χ4n) is 2.76. The van der Waals surface area contributed by atoms with Gasteiger partial charge in [0.15, 0.2) is 0 Å². The van der Waals surface area contributed by atoms with Crippen LogP contribution in [0.2, 0.25) is 0 Å². The number of nitrogens with zero attached hydrogens (tertiary/aromatic N) is 2. The van der Waals surface area contributed by atoms with Crippen molar-refractivity contribution >= 4 is 18.0 Å². The van der Waals surface area contributed by atoms with Gasteiger partial charge < -0.3 is 10.4 Å². The van der Waals surface area contributed by atoms with Gasteiger partial charge in [0.25, 0.3) is 0 Å². The van der Waals surface area contributed by atoms with Gasteiger partial charge in [-0.1, -0.05) is 19.3 Å². The molecule has 6 heteroatoms. The van der Waals surface area contributed by atoms with Crippen LogP contribution in [-0.4, -0.2) is 32.8 Å². The number of carboxylic acid groups (broad SMARTS) is 1. The summed E-state index contributed by atoms with van der Waals surface area (Å²) in [5.41, 5.74) is 0.787. The first kappa shape index (κ1) is 15.3. The summed E-state index contributed by atoms with van der Waals surface area (Å²) in [6, 6.07) is 0.980. The third-order valence-electron chi connectivity index (χ3n) is 3.95. The molecule has 1 amide bonds. The number of carbonyl (C=O) groups excluding carboxylic acids is 1. The minimum atomic E-state index is -0.954. The zero-order valence-electron chi connectivity index (χ0n) is 12.2. The summed E-state index contributed by atoms with van der Waals surface area (Å²) >= 11 is 0. The van der Waals surface area contributed by atoms with E-state index in [1.54, 1.807) is 30.1 Å². The summed E-state index contributed by atoms with van der Waals surface area (Å²) < 4.78 is 1.64. The number of hydrogen-bond acceptors (Lipinski definition) is 3. The summed E-state index contributed by atoms with van der Waals surface area (Å²) in [5.74, 6) is -1.30. The van der Waals surface area contributed by atoms with Crippen molar-refractivity contribution in [2.24, 2.45) is 13.0 Å². The Morgan fingerprint density at radius 3 is 2.71 bits per heavy atom. The second-order valence-corrected chi connectivity index (χ2v) is 5.44. The number of aryl methyl sites for hydroxylation is 1. The molecule has 0 aliphatic heterocycles. The van der Waals surface area contributed by atoms with Gasteiger partial charge in [-0.05, 0) is 30.9 Å². The van der Waals surface area contributed by atoms with Crippen molar-refractivity contribution in [2.75, 3.05) is 0 Å². The standard InChI is InChI=1S/C15H21N3O3/c1-18-12(9-10-16-18)7-8-13(19)17-14(15(20)21)11-5-3-2-4-6-11/h7-11,14H,2-6H2,1H3,(H,17,19)(H,20,21)/b8-7+. The first-order valence-electron chi connectivity index (χ1n) is 7.27. The maximum atomic E-state index is 11.9. The Bertz CT molecular complexity index is 530. The lowest BCUT2D eigenvalue weighted by Crippen LogP contribution is -2.46. The van der Waals surface area contributed by atoms with E-state index in [-0.39, 0.29) is 11.8 Å². The fraction of sp³-hybridized carbons (Fsp3) is 0.533. The minimum absolute atomic E-state index is 0.0327. The molecule has 114 valence electrons. The molecule has 0 spiro atoms. The Kier molecular flexibility index (Phi) is 5.14. The number of aromatic nitrogens is 2. The van der Waals surface area contributed by atoms with Gasteiger partial charge in [-0.15, -0.1) is 0 Å². The smallest absolute Gasteiger partial charge is 0.326 e. The van der Waals surface area contributed by atoms with E-state index in [1.807, 2.05) is 0 Å². The van der Waals surface area contributed by atoms with E-state index >= 15 is 0 Å². The summed E-state index contributed by atoms with van der Waals surface area (Å²) in [5, 5.41) is 15.9. The monoisotopic (exact) mass is 291 g/mol. The van der Waals surface area contributed by atoms with Crippen molar-refractivity contribution in [1.29, 1.82) is 0 Å². The van der Waals surface area contributed by atoms with Crippen molar-refractivity contribution in [3.8, 4) is 0 Å².